The maximum Gasteiger partial charge on any atom is 0.264 e. The van der Waals surface area contributed by atoms with Crippen LogP contribution in [0.25, 0.3) is 11.0 Å². The van der Waals surface area contributed by atoms with Crippen molar-refractivity contribution >= 4 is 22.6 Å². The van der Waals surface area contributed by atoms with Crippen LogP contribution in [0.15, 0.2) is 65.8 Å². The SMILES string of the molecule is Cc1cccc(Cn2cnc3c(cnn3CCNC(=O)c3cccc(N(C)C)c3)c2=O)c1. The highest BCUT2D eigenvalue weighted by atomic mass is 16.1. The Bertz CT molecular complexity index is 1320. The van der Waals surface area contributed by atoms with E-state index >= 15 is 0 Å². The number of benzene rings is 2. The van der Waals surface area contributed by atoms with Gasteiger partial charge in [0.25, 0.3) is 11.5 Å². The van der Waals surface area contributed by atoms with Gasteiger partial charge in [0.05, 0.1) is 19.3 Å². The van der Waals surface area contributed by atoms with Gasteiger partial charge < -0.3 is 10.2 Å². The van der Waals surface area contributed by atoms with Crippen molar-refractivity contribution in [3.63, 3.8) is 0 Å². The van der Waals surface area contributed by atoms with Crippen LogP contribution in [0.5, 0.6) is 0 Å². The summed E-state index contributed by atoms with van der Waals surface area (Å²) in [6.45, 7) is 3.26. The van der Waals surface area contributed by atoms with Crippen LogP contribution in [0.4, 0.5) is 5.69 Å². The number of carbonyl (C=O) groups is 1. The van der Waals surface area contributed by atoms with Gasteiger partial charge in [-0.2, -0.15) is 5.10 Å². The summed E-state index contributed by atoms with van der Waals surface area (Å²) in [7, 11) is 3.86. The molecule has 0 fully saturated rings. The van der Waals surface area contributed by atoms with Gasteiger partial charge in [-0.15, -0.1) is 0 Å². The van der Waals surface area contributed by atoms with Crippen LogP contribution in [0.3, 0.4) is 0 Å². The molecule has 0 atom stereocenters. The first-order valence-electron chi connectivity index (χ1n) is 10.4. The van der Waals surface area contributed by atoms with Crippen molar-refractivity contribution in [2.45, 2.75) is 20.0 Å². The number of aryl methyl sites for hydroxylation is 1. The monoisotopic (exact) mass is 430 g/mol. The second-order valence-electron chi connectivity index (χ2n) is 7.97. The number of rotatable bonds is 7. The number of hydrogen-bond acceptors (Lipinski definition) is 5. The van der Waals surface area contributed by atoms with Crippen molar-refractivity contribution in [2.24, 2.45) is 0 Å². The van der Waals surface area contributed by atoms with E-state index in [2.05, 4.69) is 21.5 Å². The molecule has 0 aliphatic carbocycles. The lowest BCUT2D eigenvalue weighted by Gasteiger charge is -2.13. The number of fused-ring (bicyclic) bond motifs is 1. The Morgan fingerprint density at radius 1 is 1.12 bits per heavy atom. The fourth-order valence-electron chi connectivity index (χ4n) is 3.58. The van der Waals surface area contributed by atoms with E-state index in [9.17, 15) is 9.59 Å². The van der Waals surface area contributed by atoms with Crippen molar-refractivity contribution in [3.8, 4) is 0 Å². The van der Waals surface area contributed by atoms with Crippen molar-refractivity contribution in [1.29, 1.82) is 0 Å². The zero-order valence-corrected chi connectivity index (χ0v) is 18.4. The maximum absolute atomic E-state index is 12.9. The molecule has 0 unspecified atom stereocenters. The van der Waals surface area contributed by atoms with Gasteiger partial charge in [-0.3, -0.25) is 14.2 Å². The highest BCUT2D eigenvalue weighted by Gasteiger charge is 2.12. The van der Waals surface area contributed by atoms with E-state index in [0.29, 0.717) is 36.2 Å². The quantitative estimate of drug-likeness (QED) is 0.487. The van der Waals surface area contributed by atoms with Crippen LogP contribution < -0.4 is 15.8 Å². The summed E-state index contributed by atoms with van der Waals surface area (Å²) < 4.78 is 3.23. The summed E-state index contributed by atoms with van der Waals surface area (Å²) in [6, 6.07) is 15.5. The minimum atomic E-state index is -0.154. The molecule has 8 nitrogen and oxygen atoms in total. The number of anilines is 1. The lowest BCUT2D eigenvalue weighted by atomic mass is 10.1. The average molecular weight is 431 g/mol. The standard InChI is InChI=1S/C24H26N6O2/c1-17-6-4-7-18(12-17)15-29-16-26-22-21(24(29)32)14-27-30(22)11-10-25-23(31)19-8-5-9-20(13-19)28(2)3/h4-9,12-14,16H,10-11,15H2,1-3H3,(H,25,31). The highest BCUT2D eigenvalue weighted by Crippen LogP contribution is 2.13. The largest absolute Gasteiger partial charge is 0.378 e. The van der Waals surface area contributed by atoms with Gasteiger partial charge in [0.2, 0.25) is 0 Å². The number of hydrogen-bond donors (Lipinski definition) is 1. The van der Waals surface area contributed by atoms with E-state index < -0.39 is 0 Å². The molecule has 164 valence electrons. The van der Waals surface area contributed by atoms with Crippen LogP contribution in [0.2, 0.25) is 0 Å². The molecule has 2 aromatic carbocycles. The van der Waals surface area contributed by atoms with Crippen LogP contribution in [0, 0.1) is 6.92 Å². The van der Waals surface area contributed by atoms with E-state index in [1.54, 1.807) is 27.8 Å². The minimum absolute atomic E-state index is 0.132. The molecule has 4 aromatic rings. The third kappa shape index (κ3) is 4.54. The van der Waals surface area contributed by atoms with E-state index in [1.807, 2.05) is 62.3 Å². The topological polar surface area (TPSA) is 85.1 Å². The molecule has 0 aliphatic heterocycles. The summed E-state index contributed by atoms with van der Waals surface area (Å²) in [6.07, 6.45) is 3.09. The van der Waals surface area contributed by atoms with Crippen molar-refractivity contribution in [1.82, 2.24) is 24.6 Å². The zero-order chi connectivity index (χ0) is 22.7. The average Bonchev–Trinajstić information content (AvgIpc) is 3.19. The molecule has 0 saturated carbocycles. The minimum Gasteiger partial charge on any atom is -0.378 e. The fraction of sp³-hybridized carbons (Fsp3) is 0.250. The molecule has 4 rings (SSSR count). The Morgan fingerprint density at radius 3 is 2.72 bits per heavy atom. The molecule has 0 spiro atoms. The van der Waals surface area contributed by atoms with Crippen molar-refractivity contribution in [2.75, 3.05) is 25.5 Å². The van der Waals surface area contributed by atoms with E-state index in [-0.39, 0.29) is 11.5 Å². The lowest BCUT2D eigenvalue weighted by molar-refractivity contribution is 0.0952. The first-order chi connectivity index (χ1) is 15.4. The van der Waals surface area contributed by atoms with Crippen LogP contribution in [-0.4, -0.2) is 45.9 Å². The molecule has 2 aromatic heterocycles. The highest BCUT2D eigenvalue weighted by molar-refractivity contribution is 5.95. The van der Waals surface area contributed by atoms with Crippen molar-refractivity contribution < 1.29 is 4.79 Å². The Labute approximate surface area is 186 Å². The van der Waals surface area contributed by atoms with Gasteiger partial charge in [-0.25, -0.2) is 9.67 Å². The molecule has 8 heteroatoms. The van der Waals surface area contributed by atoms with E-state index in [1.165, 1.54) is 0 Å². The Hall–Kier alpha value is -3.94. The number of carbonyl (C=O) groups excluding carboxylic acids is 1. The van der Waals surface area contributed by atoms with Gasteiger partial charge in [0, 0.05) is 31.9 Å². The predicted molar refractivity (Wildman–Crippen MR) is 125 cm³/mol. The van der Waals surface area contributed by atoms with Crippen molar-refractivity contribution in [3.05, 3.63) is 88.1 Å². The predicted octanol–water partition coefficient (Wildman–Crippen LogP) is 2.45. The van der Waals surface area contributed by atoms with Crippen LogP contribution in [0.1, 0.15) is 21.5 Å². The third-order valence-electron chi connectivity index (χ3n) is 5.29. The molecule has 2 heterocycles. The Kier molecular flexibility index (Phi) is 6.02. The van der Waals surface area contributed by atoms with E-state index in [0.717, 1.165) is 16.8 Å². The zero-order valence-electron chi connectivity index (χ0n) is 18.4. The molecule has 0 saturated heterocycles. The van der Waals surface area contributed by atoms with E-state index in [4.69, 9.17) is 0 Å². The molecule has 32 heavy (non-hydrogen) atoms. The van der Waals surface area contributed by atoms with Crippen LogP contribution >= 0.6 is 0 Å². The number of amides is 1. The molecule has 1 N–H and O–H groups in total. The summed E-state index contributed by atoms with van der Waals surface area (Å²) in [5, 5.41) is 7.67. The molecular weight excluding hydrogens is 404 g/mol. The normalized spacial score (nSPS) is 11.0. The van der Waals surface area contributed by atoms with Gasteiger partial charge in [0.15, 0.2) is 5.65 Å². The van der Waals surface area contributed by atoms with Gasteiger partial charge in [-0.05, 0) is 30.7 Å². The van der Waals surface area contributed by atoms with Crippen LogP contribution in [-0.2, 0) is 13.1 Å². The number of nitrogens with one attached hydrogen (secondary N) is 1. The maximum atomic E-state index is 12.9. The number of aromatic nitrogens is 4. The summed E-state index contributed by atoms with van der Waals surface area (Å²) in [5.74, 6) is -0.154. The molecular formula is C24H26N6O2. The summed E-state index contributed by atoms with van der Waals surface area (Å²) >= 11 is 0. The molecule has 1 amide bonds. The Morgan fingerprint density at radius 2 is 1.94 bits per heavy atom. The summed E-state index contributed by atoms with van der Waals surface area (Å²) in [5.41, 5.74) is 4.13. The fourth-order valence-corrected chi connectivity index (χ4v) is 3.58. The second kappa shape index (κ2) is 9.05. The summed E-state index contributed by atoms with van der Waals surface area (Å²) in [4.78, 5) is 31.8. The first-order valence-corrected chi connectivity index (χ1v) is 10.4. The van der Waals surface area contributed by atoms with Gasteiger partial charge >= 0.3 is 0 Å². The van der Waals surface area contributed by atoms with Gasteiger partial charge in [0.1, 0.15) is 11.7 Å². The lowest BCUT2D eigenvalue weighted by Crippen LogP contribution is -2.28. The molecule has 0 radical (unpaired) electrons. The first kappa shape index (κ1) is 21.3. The smallest absolute Gasteiger partial charge is 0.264 e. The molecule has 0 bridgehead atoms. The van der Waals surface area contributed by atoms with Gasteiger partial charge in [-0.1, -0.05) is 35.9 Å². The second-order valence-corrected chi connectivity index (χ2v) is 7.97. The molecule has 0 aliphatic rings. The third-order valence-corrected chi connectivity index (χ3v) is 5.29. The number of nitrogens with zero attached hydrogens (tertiary/aromatic N) is 5. The Balaban J connectivity index is 1.44.